The number of nitrogens with one attached hydrogen (secondary N) is 2. The van der Waals surface area contributed by atoms with Gasteiger partial charge in [0.1, 0.15) is 6.54 Å². The Hall–Kier alpha value is -3.72. The molecule has 4 rings (SSSR count). The number of carbonyl (C=O) groups is 2. The summed E-state index contributed by atoms with van der Waals surface area (Å²) >= 11 is 12.5. The van der Waals surface area contributed by atoms with Gasteiger partial charge < -0.3 is 29.7 Å². The Morgan fingerprint density at radius 3 is 2.43 bits per heavy atom. The third-order valence-corrected chi connectivity index (χ3v) is 7.91. The summed E-state index contributed by atoms with van der Waals surface area (Å²) in [5.74, 6) is -0.156. The third-order valence-electron chi connectivity index (χ3n) is 7.09. The van der Waals surface area contributed by atoms with Crippen molar-refractivity contribution in [3.05, 3.63) is 94.1 Å². The molecule has 4 aromatic rings. The summed E-state index contributed by atoms with van der Waals surface area (Å²) in [6.45, 7) is 1.60. The molecule has 0 saturated carbocycles. The van der Waals surface area contributed by atoms with Gasteiger partial charge >= 0.3 is 6.03 Å². The van der Waals surface area contributed by atoms with Crippen molar-refractivity contribution in [3.8, 4) is 0 Å². The summed E-state index contributed by atoms with van der Waals surface area (Å²) in [6.07, 6.45) is 3.24. The normalized spacial score (nSPS) is 11.0. The number of urea groups is 1. The minimum absolute atomic E-state index is 0.0998. The van der Waals surface area contributed by atoms with Gasteiger partial charge in [0, 0.05) is 70.2 Å². The highest BCUT2D eigenvalue weighted by Crippen LogP contribution is 2.29. The largest absolute Gasteiger partial charge is 0.385 e. The molecule has 2 N–H and O–H groups in total. The molecule has 1 aromatic heterocycles. The Kier molecular flexibility index (Phi) is 11.1. The second-order valence-electron chi connectivity index (χ2n) is 10.3. The van der Waals surface area contributed by atoms with Crippen molar-refractivity contribution in [2.45, 2.75) is 19.4 Å². The van der Waals surface area contributed by atoms with Crippen molar-refractivity contribution in [3.63, 3.8) is 0 Å². The average molecular weight is 611 g/mol. The molecule has 0 radical (unpaired) electrons. The van der Waals surface area contributed by atoms with E-state index < -0.39 is 6.03 Å². The van der Waals surface area contributed by atoms with Crippen molar-refractivity contribution >= 4 is 57.4 Å². The number of halogens is 2. The van der Waals surface area contributed by atoms with Gasteiger partial charge in [-0.25, -0.2) is 4.79 Å². The van der Waals surface area contributed by atoms with Crippen LogP contribution in [0, 0.1) is 0 Å². The lowest BCUT2D eigenvalue weighted by atomic mass is 10.1. The second kappa shape index (κ2) is 15.0. The molecule has 3 amide bonds. The number of ether oxygens (including phenoxy) is 1. The zero-order chi connectivity index (χ0) is 30.1. The van der Waals surface area contributed by atoms with Crippen molar-refractivity contribution in [2.75, 3.05) is 57.7 Å². The number of anilines is 2. The molecule has 0 aliphatic rings. The van der Waals surface area contributed by atoms with E-state index in [9.17, 15) is 9.59 Å². The van der Waals surface area contributed by atoms with Gasteiger partial charge in [-0.05, 0) is 54.3 Å². The van der Waals surface area contributed by atoms with Crippen LogP contribution in [0.4, 0.5) is 16.2 Å². The molecular formula is C32H37Cl2N5O3. The van der Waals surface area contributed by atoms with E-state index >= 15 is 0 Å². The van der Waals surface area contributed by atoms with Gasteiger partial charge in [-0.1, -0.05) is 59.6 Å². The van der Waals surface area contributed by atoms with Gasteiger partial charge in [0.25, 0.3) is 0 Å². The zero-order valence-corrected chi connectivity index (χ0v) is 25.7. The summed E-state index contributed by atoms with van der Waals surface area (Å²) < 4.78 is 5.20. The van der Waals surface area contributed by atoms with Crippen LogP contribution in [0.3, 0.4) is 0 Å². The van der Waals surface area contributed by atoms with Crippen LogP contribution in [0.5, 0.6) is 0 Å². The number of nitrogens with zero attached hydrogens (tertiary/aromatic N) is 3. The summed E-state index contributed by atoms with van der Waals surface area (Å²) in [7, 11) is 5.59. The number of amides is 3. The number of fused-ring (bicyclic) bond motifs is 1. The minimum Gasteiger partial charge on any atom is -0.385 e. The van der Waals surface area contributed by atoms with Crippen molar-refractivity contribution in [1.82, 2.24) is 14.8 Å². The first-order valence-corrected chi connectivity index (χ1v) is 14.6. The SMILES string of the molecule is COCCCN(CC(=O)N(CCc1c[nH]c2ccccc12)Cc1ccc(N(C)C)cc1)C(=O)Nc1cccc(Cl)c1Cl. The molecule has 1 heterocycles. The van der Waals surface area contributed by atoms with Crippen molar-refractivity contribution in [2.24, 2.45) is 0 Å². The highest BCUT2D eigenvalue weighted by atomic mass is 35.5. The first-order chi connectivity index (χ1) is 20.3. The molecule has 222 valence electrons. The lowest BCUT2D eigenvalue weighted by Gasteiger charge is -2.28. The van der Waals surface area contributed by atoms with Gasteiger partial charge in [0.15, 0.2) is 0 Å². The van der Waals surface area contributed by atoms with Crippen LogP contribution in [0.25, 0.3) is 10.9 Å². The van der Waals surface area contributed by atoms with E-state index in [-0.39, 0.29) is 17.5 Å². The van der Waals surface area contributed by atoms with E-state index in [0.717, 1.165) is 27.7 Å². The number of aromatic amines is 1. The first-order valence-electron chi connectivity index (χ1n) is 13.8. The summed E-state index contributed by atoms with van der Waals surface area (Å²) in [6, 6.07) is 20.9. The molecule has 10 heteroatoms. The predicted molar refractivity (Wildman–Crippen MR) is 172 cm³/mol. The maximum absolute atomic E-state index is 13.9. The first kappa shape index (κ1) is 31.2. The van der Waals surface area contributed by atoms with Gasteiger partial charge in [0.05, 0.1) is 15.7 Å². The zero-order valence-electron chi connectivity index (χ0n) is 24.2. The Labute approximate surface area is 257 Å². The van der Waals surface area contributed by atoms with E-state index in [1.54, 1.807) is 25.3 Å². The van der Waals surface area contributed by atoms with Crippen molar-refractivity contribution in [1.29, 1.82) is 0 Å². The second-order valence-corrected chi connectivity index (χ2v) is 11.1. The number of hydrogen-bond acceptors (Lipinski definition) is 4. The standard InChI is InChI=1S/C32H37Cl2N5O3/c1-37(2)25-14-12-23(13-15-25)21-38(18-16-24-20-35-28-10-5-4-8-26(24)28)30(40)22-39(17-7-19-42-3)32(41)36-29-11-6-9-27(33)31(29)34/h4-6,8-15,20,35H,7,16-19,21-22H2,1-3H3,(H,36,41). The minimum atomic E-state index is -0.435. The monoisotopic (exact) mass is 609 g/mol. The highest BCUT2D eigenvalue weighted by molar-refractivity contribution is 6.44. The molecule has 8 nitrogen and oxygen atoms in total. The lowest BCUT2D eigenvalue weighted by molar-refractivity contribution is -0.132. The number of H-pyrrole nitrogens is 1. The quantitative estimate of drug-likeness (QED) is 0.166. The maximum atomic E-state index is 13.9. The molecular weight excluding hydrogens is 573 g/mol. The molecule has 0 bridgehead atoms. The Bertz CT molecular complexity index is 1490. The Morgan fingerprint density at radius 1 is 0.929 bits per heavy atom. The van der Waals surface area contributed by atoms with Crippen LogP contribution in [0.1, 0.15) is 17.5 Å². The molecule has 0 spiro atoms. The highest BCUT2D eigenvalue weighted by Gasteiger charge is 2.23. The van der Waals surface area contributed by atoms with Gasteiger partial charge in [0.2, 0.25) is 5.91 Å². The van der Waals surface area contributed by atoms with E-state index in [4.69, 9.17) is 27.9 Å². The topological polar surface area (TPSA) is 80.9 Å². The lowest BCUT2D eigenvalue weighted by Crippen LogP contribution is -2.45. The van der Waals surface area contributed by atoms with Crippen LogP contribution >= 0.6 is 23.2 Å². The fraction of sp³-hybridized carbons (Fsp3) is 0.312. The number of para-hydroxylation sites is 1. The average Bonchev–Trinajstić information content (AvgIpc) is 3.40. The molecule has 0 aliphatic carbocycles. The number of carbonyl (C=O) groups excluding carboxylic acids is 2. The molecule has 0 fully saturated rings. The van der Waals surface area contributed by atoms with Crippen LogP contribution < -0.4 is 10.2 Å². The molecule has 3 aromatic carbocycles. The van der Waals surface area contributed by atoms with Crippen LogP contribution in [-0.2, 0) is 22.5 Å². The van der Waals surface area contributed by atoms with Crippen LogP contribution in [0.2, 0.25) is 10.0 Å². The van der Waals surface area contributed by atoms with E-state index in [1.165, 1.54) is 4.90 Å². The van der Waals surface area contributed by atoms with Crippen molar-refractivity contribution < 1.29 is 14.3 Å². The number of aromatic nitrogens is 1. The van der Waals surface area contributed by atoms with E-state index in [1.807, 2.05) is 72.6 Å². The number of rotatable bonds is 13. The molecule has 0 aliphatic heterocycles. The molecule has 0 atom stereocenters. The van der Waals surface area contributed by atoms with Crippen LogP contribution in [0.15, 0.2) is 72.9 Å². The Morgan fingerprint density at radius 2 is 1.69 bits per heavy atom. The van der Waals surface area contributed by atoms with Gasteiger partial charge in [-0.15, -0.1) is 0 Å². The third kappa shape index (κ3) is 8.18. The summed E-state index contributed by atoms with van der Waals surface area (Å²) in [5.41, 5.74) is 4.67. The Balaban J connectivity index is 1.54. The number of benzene rings is 3. The van der Waals surface area contributed by atoms with Gasteiger partial charge in [-0.2, -0.15) is 0 Å². The number of methoxy groups -OCH3 is 1. The number of hydrogen-bond donors (Lipinski definition) is 2. The molecule has 42 heavy (non-hydrogen) atoms. The molecule has 0 unspecified atom stereocenters. The summed E-state index contributed by atoms with van der Waals surface area (Å²) in [4.78, 5) is 35.9. The summed E-state index contributed by atoms with van der Waals surface area (Å²) in [5, 5.41) is 4.53. The maximum Gasteiger partial charge on any atom is 0.322 e. The van der Waals surface area contributed by atoms with Gasteiger partial charge in [-0.3, -0.25) is 4.79 Å². The van der Waals surface area contributed by atoms with Crippen LogP contribution in [-0.4, -0.2) is 74.2 Å². The smallest absolute Gasteiger partial charge is 0.322 e. The van der Waals surface area contributed by atoms with E-state index in [2.05, 4.69) is 16.4 Å². The van der Waals surface area contributed by atoms with E-state index in [0.29, 0.717) is 49.8 Å². The molecule has 0 saturated heterocycles. The fourth-order valence-corrected chi connectivity index (χ4v) is 5.06. The fourth-order valence-electron chi connectivity index (χ4n) is 4.72. The predicted octanol–water partition coefficient (Wildman–Crippen LogP) is 6.68.